The first kappa shape index (κ1) is 9.06. The van der Waals surface area contributed by atoms with Crippen LogP contribution in [0.4, 0.5) is 5.69 Å². The Labute approximate surface area is 96.4 Å². The van der Waals surface area contributed by atoms with Crippen LogP contribution in [-0.2, 0) is 5.54 Å². The Hall–Kier alpha value is -1.02. The quantitative estimate of drug-likeness (QED) is 0.818. The van der Waals surface area contributed by atoms with Crippen LogP contribution in [0.5, 0.6) is 0 Å². The highest BCUT2D eigenvalue weighted by atomic mass is 15.2. The Morgan fingerprint density at radius 2 is 1.94 bits per heavy atom. The Morgan fingerprint density at radius 3 is 2.56 bits per heavy atom. The van der Waals surface area contributed by atoms with Crippen molar-refractivity contribution in [3.8, 4) is 0 Å². The molecule has 0 unspecified atom stereocenters. The lowest BCUT2D eigenvalue weighted by Gasteiger charge is -2.30. The molecular weight excluding hydrogens is 196 g/mol. The van der Waals surface area contributed by atoms with Crippen LogP contribution < -0.4 is 10.6 Å². The van der Waals surface area contributed by atoms with Crippen LogP contribution in [0, 0.1) is 5.92 Å². The van der Waals surface area contributed by atoms with Gasteiger partial charge in [0.2, 0.25) is 0 Å². The van der Waals surface area contributed by atoms with Crippen molar-refractivity contribution in [2.24, 2.45) is 11.7 Å². The number of hydrogen-bond acceptors (Lipinski definition) is 2. The van der Waals surface area contributed by atoms with Gasteiger partial charge in [-0.3, -0.25) is 0 Å². The summed E-state index contributed by atoms with van der Waals surface area (Å²) in [6.07, 6.45) is 5.13. The van der Waals surface area contributed by atoms with Crippen molar-refractivity contribution in [3.63, 3.8) is 0 Å². The molecule has 2 aliphatic heterocycles. The maximum atomic E-state index is 6.37. The van der Waals surface area contributed by atoms with E-state index >= 15 is 0 Å². The Balaban J connectivity index is 1.76. The van der Waals surface area contributed by atoms with Gasteiger partial charge >= 0.3 is 0 Å². The van der Waals surface area contributed by atoms with E-state index in [9.17, 15) is 0 Å². The molecular formula is C14H18N2. The molecule has 5 rings (SSSR count). The minimum absolute atomic E-state index is 0.00354. The Bertz CT molecular complexity index is 430. The Morgan fingerprint density at radius 1 is 1.19 bits per heavy atom. The third kappa shape index (κ3) is 1.11. The number of para-hydroxylation sites is 1. The molecule has 0 amide bonds. The van der Waals surface area contributed by atoms with Crippen LogP contribution in [0.25, 0.3) is 0 Å². The van der Waals surface area contributed by atoms with Crippen LogP contribution in [0.15, 0.2) is 24.3 Å². The SMILES string of the molecule is NC1(c2ccccc2N2CC3CC2C3)CC1. The fourth-order valence-electron chi connectivity index (χ4n) is 3.38. The molecule has 2 heteroatoms. The van der Waals surface area contributed by atoms with E-state index in [0.717, 1.165) is 24.8 Å². The topological polar surface area (TPSA) is 29.3 Å². The predicted octanol–water partition coefficient (Wildman–Crippen LogP) is 2.23. The Kier molecular flexibility index (Phi) is 1.59. The van der Waals surface area contributed by atoms with E-state index in [1.807, 2.05) is 0 Å². The number of nitrogens with two attached hydrogens (primary N) is 1. The van der Waals surface area contributed by atoms with Gasteiger partial charge in [-0.1, -0.05) is 18.2 Å². The van der Waals surface area contributed by atoms with Gasteiger partial charge in [-0.2, -0.15) is 0 Å². The highest BCUT2D eigenvalue weighted by Gasteiger charge is 2.47. The summed E-state index contributed by atoms with van der Waals surface area (Å²) in [5, 5.41) is 0. The summed E-state index contributed by atoms with van der Waals surface area (Å²) in [4.78, 5) is 2.60. The van der Waals surface area contributed by atoms with Gasteiger partial charge in [-0.15, -0.1) is 0 Å². The molecule has 4 aliphatic rings. The molecule has 0 aromatic heterocycles. The number of anilines is 1. The van der Waals surface area contributed by atoms with Gasteiger partial charge in [0, 0.05) is 23.8 Å². The van der Waals surface area contributed by atoms with Crippen molar-refractivity contribution in [3.05, 3.63) is 29.8 Å². The largest absolute Gasteiger partial charge is 0.368 e. The second-order valence-electron chi connectivity index (χ2n) is 5.82. The summed E-state index contributed by atoms with van der Waals surface area (Å²) >= 11 is 0. The summed E-state index contributed by atoms with van der Waals surface area (Å²) in [7, 11) is 0. The van der Waals surface area contributed by atoms with Crippen LogP contribution in [0.3, 0.4) is 0 Å². The lowest BCUT2D eigenvalue weighted by atomic mass is 9.86. The van der Waals surface area contributed by atoms with E-state index in [1.54, 1.807) is 0 Å². The van der Waals surface area contributed by atoms with E-state index in [4.69, 9.17) is 5.73 Å². The molecule has 2 bridgehead atoms. The number of rotatable bonds is 2. The summed E-state index contributed by atoms with van der Waals surface area (Å²) in [5.41, 5.74) is 9.19. The molecule has 0 atom stereocenters. The van der Waals surface area contributed by atoms with Crippen LogP contribution in [0.2, 0.25) is 0 Å². The molecule has 2 saturated heterocycles. The first-order valence-corrected chi connectivity index (χ1v) is 6.41. The summed E-state index contributed by atoms with van der Waals surface area (Å²) in [6, 6.07) is 9.60. The minimum Gasteiger partial charge on any atom is -0.368 e. The highest BCUT2D eigenvalue weighted by molar-refractivity contribution is 5.60. The molecule has 2 nitrogen and oxygen atoms in total. The third-order valence-corrected chi connectivity index (χ3v) is 4.65. The number of hydrogen-bond donors (Lipinski definition) is 1. The van der Waals surface area contributed by atoms with Gasteiger partial charge in [0.15, 0.2) is 0 Å². The van der Waals surface area contributed by atoms with Crippen molar-refractivity contribution < 1.29 is 0 Å². The standard InChI is InChI=1S/C14H18N2/c15-14(5-6-14)12-3-1-2-4-13(12)16-9-10-7-11(16)8-10/h1-4,10-11H,5-9,15H2. The third-order valence-electron chi connectivity index (χ3n) is 4.65. The van der Waals surface area contributed by atoms with Crippen molar-refractivity contribution in [1.82, 2.24) is 0 Å². The monoisotopic (exact) mass is 214 g/mol. The second kappa shape index (κ2) is 2.80. The molecule has 84 valence electrons. The fourth-order valence-corrected chi connectivity index (χ4v) is 3.38. The van der Waals surface area contributed by atoms with Crippen LogP contribution >= 0.6 is 0 Å². The predicted molar refractivity (Wildman–Crippen MR) is 65.4 cm³/mol. The molecule has 0 radical (unpaired) electrons. The summed E-state index contributed by atoms with van der Waals surface area (Å²) in [6.45, 7) is 1.26. The van der Waals surface area contributed by atoms with Crippen LogP contribution in [0.1, 0.15) is 31.2 Å². The lowest BCUT2D eigenvalue weighted by Crippen LogP contribution is -2.31. The van der Waals surface area contributed by atoms with Gasteiger partial charge < -0.3 is 10.6 Å². The maximum absolute atomic E-state index is 6.37. The van der Waals surface area contributed by atoms with Gasteiger partial charge in [0.1, 0.15) is 0 Å². The second-order valence-corrected chi connectivity index (χ2v) is 5.82. The molecule has 1 aromatic carbocycles. The van der Waals surface area contributed by atoms with Gasteiger partial charge in [0.25, 0.3) is 0 Å². The molecule has 2 aliphatic carbocycles. The molecule has 1 aromatic rings. The van der Waals surface area contributed by atoms with Crippen molar-refractivity contribution in [1.29, 1.82) is 0 Å². The average Bonchev–Trinajstić information content (AvgIpc) is 2.76. The molecule has 16 heavy (non-hydrogen) atoms. The van der Waals surface area contributed by atoms with Gasteiger partial charge in [-0.25, -0.2) is 0 Å². The van der Waals surface area contributed by atoms with Crippen LogP contribution in [-0.4, -0.2) is 12.6 Å². The van der Waals surface area contributed by atoms with Gasteiger partial charge in [0.05, 0.1) is 0 Å². The fraction of sp³-hybridized carbons (Fsp3) is 0.571. The zero-order chi connectivity index (χ0) is 10.8. The van der Waals surface area contributed by atoms with E-state index in [0.29, 0.717) is 0 Å². The summed E-state index contributed by atoms with van der Waals surface area (Å²) in [5.74, 6) is 0.964. The van der Waals surface area contributed by atoms with Crippen molar-refractivity contribution >= 4 is 5.69 Å². The van der Waals surface area contributed by atoms with Crippen molar-refractivity contribution in [2.45, 2.75) is 37.3 Å². The molecule has 4 fully saturated rings. The minimum atomic E-state index is 0.00354. The van der Waals surface area contributed by atoms with E-state index in [-0.39, 0.29) is 5.54 Å². The average molecular weight is 214 g/mol. The van der Waals surface area contributed by atoms with Crippen molar-refractivity contribution in [2.75, 3.05) is 11.4 Å². The maximum Gasteiger partial charge on any atom is 0.0431 e. The number of nitrogens with zero attached hydrogens (tertiary/aromatic N) is 1. The zero-order valence-electron chi connectivity index (χ0n) is 9.52. The first-order valence-electron chi connectivity index (χ1n) is 6.41. The first-order chi connectivity index (χ1) is 7.76. The highest BCUT2D eigenvalue weighted by Crippen LogP contribution is 2.50. The van der Waals surface area contributed by atoms with Gasteiger partial charge in [-0.05, 0) is 43.2 Å². The molecule has 0 spiro atoms. The summed E-state index contributed by atoms with van der Waals surface area (Å²) < 4.78 is 0. The molecule has 2 saturated carbocycles. The molecule has 2 heterocycles. The molecule has 2 N–H and O–H groups in total. The zero-order valence-corrected chi connectivity index (χ0v) is 9.52. The lowest BCUT2D eigenvalue weighted by molar-refractivity contribution is 0.380. The van der Waals surface area contributed by atoms with E-state index < -0.39 is 0 Å². The number of fused-ring (bicyclic) bond motifs is 1. The van der Waals surface area contributed by atoms with E-state index in [1.165, 1.54) is 30.6 Å². The smallest absolute Gasteiger partial charge is 0.0431 e. The van der Waals surface area contributed by atoms with E-state index in [2.05, 4.69) is 29.2 Å². The number of benzene rings is 1. The normalized spacial score (nSPS) is 33.7.